The number of nitrogens with zero attached hydrogens (tertiary/aromatic N) is 2. The fraction of sp³-hybridized carbons (Fsp3) is 0.692. The minimum absolute atomic E-state index is 0.0218. The minimum atomic E-state index is -2.97. The number of amides is 1. The third-order valence-corrected chi connectivity index (χ3v) is 6.59. The summed E-state index contributed by atoms with van der Waals surface area (Å²) in [5, 5.41) is 0.612. The maximum Gasteiger partial charge on any atom is 0.253 e. The molecule has 2 saturated heterocycles. The average Bonchev–Trinajstić information content (AvgIpc) is 2.72. The molecule has 5 nitrogen and oxygen atoms in total. The Labute approximate surface area is 124 Å². The van der Waals surface area contributed by atoms with Crippen LogP contribution in [-0.2, 0) is 14.6 Å². The van der Waals surface area contributed by atoms with Gasteiger partial charge in [0.15, 0.2) is 15.0 Å². The van der Waals surface area contributed by atoms with Crippen LogP contribution in [0.1, 0.15) is 20.8 Å². The van der Waals surface area contributed by atoms with Crippen LogP contribution >= 0.6 is 11.8 Å². The Bertz CT molecular complexity index is 561. The van der Waals surface area contributed by atoms with Gasteiger partial charge in [0.05, 0.1) is 17.5 Å². The van der Waals surface area contributed by atoms with Crippen LogP contribution in [0.3, 0.4) is 0 Å². The zero-order chi connectivity index (χ0) is 15.1. The van der Waals surface area contributed by atoms with Crippen LogP contribution in [0.25, 0.3) is 0 Å². The van der Waals surface area contributed by atoms with Crippen molar-refractivity contribution in [3.8, 4) is 0 Å². The van der Waals surface area contributed by atoms with Crippen molar-refractivity contribution in [1.29, 1.82) is 0 Å². The molecule has 2 atom stereocenters. The van der Waals surface area contributed by atoms with Crippen molar-refractivity contribution in [2.75, 3.05) is 18.1 Å². The van der Waals surface area contributed by atoms with E-state index in [-0.39, 0.29) is 28.7 Å². The van der Waals surface area contributed by atoms with Gasteiger partial charge in [-0.3, -0.25) is 4.79 Å². The molecular weight excluding hydrogens is 296 g/mol. The summed E-state index contributed by atoms with van der Waals surface area (Å²) in [5.74, 6) is 0.122. The second kappa shape index (κ2) is 5.18. The van der Waals surface area contributed by atoms with Crippen molar-refractivity contribution in [2.24, 2.45) is 10.4 Å². The van der Waals surface area contributed by atoms with Gasteiger partial charge in [-0.05, 0) is 0 Å². The van der Waals surface area contributed by atoms with Gasteiger partial charge in [0.25, 0.3) is 5.91 Å². The number of thioether (sulfide) groups is 1. The number of fused-ring (bicyclic) bond motifs is 1. The lowest BCUT2D eigenvalue weighted by Crippen LogP contribution is -2.38. The summed E-state index contributed by atoms with van der Waals surface area (Å²) in [6.45, 7) is 9.68. The summed E-state index contributed by atoms with van der Waals surface area (Å²) in [7, 11) is -2.97. The second-order valence-corrected chi connectivity index (χ2v) is 9.55. The molecule has 0 aromatic rings. The molecule has 7 heteroatoms. The number of hydrogen-bond acceptors (Lipinski definition) is 4. The number of carbonyl (C=O) groups excluding carboxylic acids is 1. The average molecular weight is 316 g/mol. The van der Waals surface area contributed by atoms with E-state index in [0.717, 1.165) is 0 Å². The first-order chi connectivity index (χ1) is 9.14. The monoisotopic (exact) mass is 316 g/mol. The summed E-state index contributed by atoms with van der Waals surface area (Å²) in [4.78, 5) is 18.1. The Morgan fingerprint density at radius 2 is 2.15 bits per heavy atom. The van der Waals surface area contributed by atoms with E-state index in [2.05, 4.69) is 11.6 Å². The molecule has 0 aliphatic carbocycles. The number of amidine groups is 1. The van der Waals surface area contributed by atoms with E-state index in [1.54, 1.807) is 6.08 Å². The van der Waals surface area contributed by atoms with Crippen LogP contribution in [0, 0.1) is 5.41 Å². The summed E-state index contributed by atoms with van der Waals surface area (Å²) in [6, 6.07) is -0.0884. The highest BCUT2D eigenvalue weighted by molar-refractivity contribution is 8.15. The molecule has 2 fully saturated rings. The molecule has 0 unspecified atom stereocenters. The Hall–Kier alpha value is -0.820. The van der Waals surface area contributed by atoms with E-state index in [4.69, 9.17) is 0 Å². The third kappa shape index (κ3) is 3.09. The van der Waals surface area contributed by atoms with Crippen molar-refractivity contribution in [3.63, 3.8) is 0 Å². The summed E-state index contributed by atoms with van der Waals surface area (Å²) in [5.41, 5.74) is -0.531. The zero-order valence-electron chi connectivity index (χ0n) is 12.0. The van der Waals surface area contributed by atoms with Gasteiger partial charge in [-0.2, -0.15) is 4.99 Å². The summed E-state index contributed by atoms with van der Waals surface area (Å²) >= 11 is 1.40. The molecule has 2 rings (SSSR count). The largest absolute Gasteiger partial charge is 0.342 e. The highest BCUT2D eigenvalue weighted by Crippen LogP contribution is 2.38. The molecular formula is C13H20N2O3S2. The molecule has 0 radical (unpaired) electrons. The highest BCUT2D eigenvalue weighted by Gasteiger charge is 2.48. The number of sulfone groups is 1. The van der Waals surface area contributed by atoms with E-state index < -0.39 is 15.3 Å². The van der Waals surface area contributed by atoms with Crippen molar-refractivity contribution in [1.82, 2.24) is 4.90 Å². The molecule has 20 heavy (non-hydrogen) atoms. The Morgan fingerprint density at radius 3 is 2.70 bits per heavy atom. The van der Waals surface area contributed by atoms with Gasteiger partial charge in [-0.1, -0.05) is 38.6 Å². The minimum Gasteiger partial charge on any atom is -0.342 e. The first-order valence-electron chi connectivity index (χ1n) is 6.52. The van der Waals surface area contributed by atoms with Crippen molar-refractivity contribution in [3.05, 3.63) is 12.7 Å². The van der Waals surface area contributed by atoms with Crippen LogP contribution in [0.5, 0.6) is 0 Å². The van der Waals surface area contributed by atoms with Gasteiger partial charge in [-0.15, -0.1) is 6.58 Å². The lowest BCUT2D eigenvalue weighted by Gasteiger charge is -2.23. The van der Waals surface area contributed by atoms with Crippen LogP contribution in [0.15, 0.2) is 17.6 Å². The number of aliphatic imine (C=N–C) groups is 1. The van der Waals surface area contributed by atoms with E-state index in [1.165, 1.54) is 11.8 Å². The molecule has 0 bridgehead atoms. The van der Waals surface area contributed by atoms with Gasteiger partial charge in [0.1, 0.15) is 0 Å². The maximum absolute atomic E-state index is 12.0. The molecule has 2 aliphatic rings. The topological polar surface area (TPSA) is 66.8 Å². The highest BCUT2D eigenvalue weighted by atomic mass is 32.2. The normalized spacial score (nSPS) is 30.6. The number of carbonyl (C=O) groups is 1. The van der Waals surface area contributed by atoms with Crippen molar-refractivity contribution >= 4 is 32.7 Å². The quantitative estimate of drug-likeness (QED) is 0.719. The molecule has 1 amide bonds. The SMILES string of the molecule is C=CCN1C(=NC(=O)C(C)(C)C)S[C@H]2CS(=O)(=O)C[C@H]21. The van der Waals surface area contributed by atoms with Crippen molar-refractivity contribution in [2.45, 2.75) is 32.1 Å². The molecule has 112 valence electrons. The first-order valence-corrected chi connectivity index (χ1v) is 9.22. The lowest BCUT2D eigenvalue weighted by atomic mass is 9.96. The maximum atomic E-state index is 12.0. The lowest BCUT2D eigenvalue weighted by molar-refractivity contribution is -0.124. The molecule has 0 aromatic carbocycles. The van der Waals surface area contributed by atoms with Gasteiger partial charge in [0, 0.05) is 17.2 Å². The summed E-state index contributed by atoms with van der Waals surface area (Å²) < 4.78 is 23.4. The van der Waals surface area contributed by atoms with Gasteiger partial charge >= 0.3 is 0 Å². The predicted octanol–water partition coefficient (Wildman–Crippen LogP) is 1.32. The molecule has 0 N–H and O–H groups in total. The molecule has 2 heterocycles. The third-order valence-electron chi connectivity index (χ3n) is 3.34. The fourth-order valence-electron chi connectivity index (χ4n) is 2.24. The second-order valence-electron chi connectivity index (χ2n) is 6.19. The van der Waals surface area contributed by atoms with Crippen molar-refractivity contribution < 1.29 is 13.2 Å². The zero-order valence-corrected chi connectivity index (χ0v) is 13.6. The summed E-state index contributed by atoms with van der Waals surface area (Å²) in [6.07, 6.45) is 1.71. The molecule has 2 aliphatic heterocycles. The van der Waals surface area contributed by atoms with Crippen LogP contribution < -0.4 is 0 Å². The van der Waals surface area contributed by atoms with Gasteiger partial charge < -0.3 is 4.90 Å². The smallest absolute Gasteiger partial charge is 0.253 e. The van der Waals surface area contributed by atoms with E-state index in [1.807, 2.05) is 25.7 Å². The van der Waals surface area contributed by atoms with Crippen LogP contribution in [0.2, 0.25) is 0 Å². The Morgan fingerprint density at radius 1 is 1.50 bits per heavy atom. The Balaban J connectivity index is 2.26. The van der Waals surface area contributed by atoms with Crippen LogP contribution in [0.4, 0.5) is 0 Å². The molecule has 0 spiro atoms. The first kappa shape index (κ1) is 15.6. The standard InChI is InChI=1S/C13H20N2O3S2/c1-5-6-15-9-7-20(17,18)8-10(9)19-12(15)14-11(16)13(2,3)4/h5,9-10H,1,6-8H2,2-4H3/t9-,10+/m1/s1. The van der Waals surface area contributed by atoms with Crippen LogP contribution in [-0.4, -0.2) is 53.7 Å². The number of rotatable bonds is 2. The van der Waals surface area contributed by atoms with E-state index >= 15 is 0 Å². The van der Waals surface area contributed by atoms with Gasteiger partial charge in [0.2, 0.25) is 0 Å². The Kier molecular flexibility index (Phi) is 4.03. The molecule has 0 saturated carbocycles. The number of hydrogen-bond donors (Lipinski definition) is 0. The fourth-order valence-corrected chi connectivity index (χ4v) is 6.20. The predicted molar refractivity (Wildman–Crippen MR) is 82.6 cm³/mol. The van der Waals surface area contributed by atoms with Gasteiger partial charge in [-0.25, -0.2) is 8.42 Å². The van der Waals surface area contributed by atoms with E-state index in [9.17, 15) is 13.2 Å². The molecule has 0 aromatic heterocycles. The van der Waals surface area contributed by atoms with E-state index in [0.29, 0.717) is 11.7 Å².